The first-order valence-corrected chi connectivity index (χ1v) is 11.5. The molecule has 4 heterocycles. The van der Waals surface area contributed by atoms with E-state index in [4.69, 9.17) is 0 Å². The Labute approximate surface area is 214 Å². The van der Waals surface area contributed by atoms with E-state index in [1.165, 1.54) is 18.7 Å². The van der Waals surface area contributed by atoms with Crippen LogP contribution < -0.4 is 26.2 Å². The molecule has 0 atom stereocenters. The zero-order valence-electron chi connectivity index (χ0n) is 20.4. The molecule has 0 saturated carbocycles. The van der Waals surface area contributed by atoms with Gasteiger partial charge in [-0.15, -0.1) is 0 Å². The van der Waals surface area contributed by atoms with Gasteiger partial charge in [0.05, 0.1) is 12.1 Å². The van der Waals surface area contributed by atoms with Gasteiger partial charge in [-0.2, -0.15) is 31.3 Å². The number of hydrogen-bond donors (Lipinski definition) is 1. The third-order valence-electron chi connectivity index (χ3n) is 6.73. The number of halogens is 6. The van der Waals surface area contributed by atoms with E-state index in [0.717, 1.165) is 32.5 Å². The topological polar surface area (TPSA) is 103 Å². The van der Waals surface area contributed by atoms with Gasteiger partial charge in [-0.25, -0.2) is 9.59 Å². The van der Waals surface area contributed by atoms with E-state index in [2.05, 4.69) is 15.0 Å². The number of alkyl halides is 6. The Bertz CT molecular complexity index is 1660. The van der Waals surface area contributed by atoms with Crippen molar-refractivity contribution in [3.63, 3.8) is 0 Å². The molecule has 2 aliphatic rings. The second-order valence-electron chi connectivity index (χ2n) is 9.11. The summed E-state index contributed by atoms with van der Waals surface area (Å²) in [4.78, 5) is 43.6. The van der Waals surface area contributed by atoms with Crippen LogP contribution in [0.4, 0.5) is 32.3 Å². The number of rotatable bonds is 4. The fourth-order valence-electron chi connectivity index (χ4n) is 4.85. The number of carbonyl (C=O) groups excluding carboxylic acids is 1. The molecule has 16 heteroatoms. The van der Waals surface area contributed by atoms with E-state index in [9.17, 15) is 40.7 Å². The highest BCUT2D eigenvalue weighted by Crippen LogP contribution is 2.40. The maximum Gasteiger partial charge on any atom is 0.491 e. The molecule has 1 N–H and O–H groups in total. The highest BCUT2D eigenvalue weighted by Gasteiger charge is 2.44. The van der Waals surface area contributed by atoms with Crippen LogP contribution in [0, 0.1) is 0 Å². The number of esters is 1. The van der Waals surface area contributed by atoms with Gasteiger partial charge in [0, 0.05) is 45.0 Å². The molecule has 39 heavy (non-hydrogen) atoms. The smallest absolute Gasteiger partial charge is 0.419 e. The van der Waals surface area contributed by atoms with Gasteiger partial charge in [-0.1, -0.05) is 12.1 Å². The molecular formula is C23H20F6N6O4. The Morgan fingerprint density at radius 2 is 1.79 bits per heavy atom. The fraction of sp³-hybridized carbons (Fsp3) is 0.391. The average Bonchev–Trinajstić information content (AvgIpc) is 3.56. The molecule has 0 radical (unpaired) electrons. The summed E-state index contributed by atoms with van der Waals surface area (Å²) in [6.07, 6.45) is -10.1. The number of ether oxygens (including phenoxy) is 1. The number of anilines is 1. The lowest BCUT2D eigenvalue weighted by atomic mass is 10.1. The van der Waals surface area contributed by atoms with Crippen LogP contribution in [0.2, 0.25) is 0 Å². The number of nitrogens with zero attached hydrogens (tertiary/aromatic N) is 5. The minimum absolute atomic E-state index is 0.0704. The van der Waals surface area contributed by atoms with Crippen molar-refractivity contribution in [2.75, 3.05) is 24.5 Å². The number of aromatic nitrogens is 4. The Kier molecular flexibility index (Phi) is 6.12. The maximum absolute atomic E-state index is 13.8. The summed E-state index contributed by atoms with van der Waals surface area (Å²) >= 11 is 0. The molecule has 0 bridgehead atoms. The maximum atomic E-state index is 13.8. The molecule has 0 aliphatic carbocycles. The minimum atomic E-state index is -5.56. The predicted octanol–water partition coefficient (Wildman–Crippen LogP) is 2.04. The number of aryl methyl sites for hydroxylation is 1. The molecule has 3 aromatic rings. The zero-order chi connectivity index (χ0) is 28.4. The van der Waals surface area contributed by atoms with Crippen molar-refractivity contribution in [1.29, 1.82) is 0 Å². The highest BCUT2D eigenvalue weighted by molar-refractivity contribution is 5.79. The summed E-state index contributed by atoms with van der Waals surface area (Å²) in [6.45, 7) is 0.851. The van der Waals surface area contributed by atoms with Gasteiger partial charge in [-0.05, 0) is 18.1 Å². The van der Waals surface area contributed by atoms with Crippen LogP contribution in [0.1, 0.15) is 17.5 Å². The lowest BCUT2D eigenvalue weighted by molar-refractivity contribution is -0.190. The van der Waals surface area contributed by atoms with E-state index in [0.29, 0.717) is 32.1 Å². The van der Waals surface area contributed by atoms with Gasteiger partial charge in [0.25, 0.3) is 5.56 Å². The number of hydrogen-bond acceptors (Lipinski definition) is 7. The summed E-state index contributed by atoms with van der Waals surface area (Å²) in [6, 6.07) is 2.50. The highest BCUT2D eigenvalue weighted by atomic mass is 19.4. The SMILES string of the molecule is Cn1c(=O)c2c(nc(N3CCC4=C3CNC4)n2Cc2cccc(C(F)(F)F)c2OC(=O)C(F)(F)F)n(C)c1=O. The molecule has 0 fully saturated rings. The Morgan fingerprint density at radius 3 is 2.46 bits per heavy atom. The van der Waals surface area contributed by atoms with Gasteiger partial charge >= 0.3 is 24.0 Å². The average molecular weight is 558 g/mol. The number of imidazole rings is 1. The molecule has 0 unspecified atom stereocenters. The van der Waals surface area contributed by atoms with Crippen molar-refractivity contribution in [1.82, 2.24) is 24.0 Å². The number of fused-ring (bicyclic) bond motifs is 1. The number of carbonyl (C=O) groups is 1. The third kappa shape index (κ3) is 4.37. The van der Waals surface area contributed by atoms with Crippen LogP contribution in [0.15, 0.2) is 39.1 Å². The van der Waals surface area contributed by atoms with Crippen LogP contribution in [0.25, 0.3) is 11.2 Å². The van der Waals surface area contributed by atoms with Gasteiger partial charge in [0.2, 0.25) is 5.95 Å². The van der Waals surface area contributed by atoms with Crippen LogP contribution in [0.5, 0.6) is 5.75 Å². The molecule has 10 nitrogen and oxygen atoms in total. The van der Waals surface area contributed by atoms with Crippen LogP contribution in [0.3, 0.4) is 0 Å². The predicted molar refractivity (Wildman–Crippen MR) is 124 cm³/mol. The molecule has 0 amide bonds. The second-order valence-corrected chi connectivity index (χ2v) is 9.11. The Balaban J connectivity index is 1.76. The van der Waals surface area contributed by atoms with Gasteiger partial charge in [0.1, 0.15) is 5.75 Å². The summed E-state index contributed by atoms with van der Waals surface area (Å²) in [5.41, 5.74) is -1.92. The number of nitrogens with one attached hydrogen (secondary N) is 1. The lowest BCUT2D eigenvalue weighted by Gasteiger charge is -2.23. The van der Waals surface area contributed by atoms with Crippen molar-refractivity contribution >= 4 is 23.1 Å². The zero-order valence-corrected chi connectivity index (χ0v) is 20.4. The Hall–Kier alpha value is -4.08. The molecule has 1 aromatic carbocycles. The quantitative estimate of drug-likeness (QED) is 0.297. The van der Waals surface area contributed by atoms with E-state index < -0.39 is 53.0 Å². The van der Waals surface area contributed by atoms with Crippen molar-refractivity contribution in [3.8, 4) is 5.75 Å². The summed E-state index contributed by atoms with van der Waals surface area (Å²) in [7, 11) is 2.57. The number of para-hydroxylation sites is 1. The number of benzene rings is 1. The lowest BCUT2D eigenvalue weighted by Crippen LogP contribution is -2.37. The largest absolute Gasteiger partial charge is 0.491 e. The molecular weight excluding hydrogens is 538 g/mol. The fourth-order valence-corrected chi connectivity index (χ4v) is 4.85. The Morgan fingerprint density at radius 1 is 1.08 bits per heavy atom. The van der Waals surface area contributed by atoms with E-state index in [-0.39, 0.29) is 17.1 Å². The van der Waals surface area contributed by atoms with E-state index >= 15 is 0 Å². The van der Waals surface area contributed by atoms with Crippen molar-refractivity contribution < 1.29 is 35.9 Å². The van der Waals surface area contributed by atoms with Gasteiger partial charge in [-0.3, -0.25) is 18.5 Å². The molecule has 2 aromatic heterocycles. The summed E-state index contributed by atoms with van der Waals surface area (Å²) < 4.78 is 87.7. The molecule has 208 valence electrons. The molecule has 2 aliphatic heterocycles. The second kappa shape index (κ2) is 9.00. The first kappa shape index (κ1) is 26.5. The van der Waals surface area contributed by atoms with Crippen LogP contribution >= 0.6 is 0 Å². The normalized spacial score (nSPS) is 15.9. The molecule has 0 saturated heterocycles. The third-order valence-corrected chi connectivity index (χ3v) is 6.73. The van der Waals surface area contributed by atoms with Crippen molar-refractivity contribution in [3.05, 3.63) is 61.4 Å². The standard InChI is InChI=1S/C23H20F6N6O4/c1-32-17-15(18(36)33(2)21(32)38)35(20(31-17)34-7-6-11-8-30-9-14(11)34)10-12-4-3-5-13(22(24,25)26)16(12)39-19(37)23(27,28)29/h3-5,30H,6-10H2,1-2H3. The summed E-state index contributed by atoms with van der Waals surface area (Å²) in [5.74, 6) is -4.08. The van der Waals surface area contributed by atoms with Crippen LogP contribution in [-0.4, -0.2) is 50.5 Å². The first-order valence-electron chi connectivity index (χ1n) is 11.5. The van der Waals surface area contributed by atoms with Crippen molar-refractivity contribution in [2.45, 2.75) is 25.3 Å². The van der Waals surface area contributed by atoms with E-state index in [1.54, 1.807) is 4.90 Å². The minimum Gasteiger partial charge on any atom is -0.419 e. The molecule has 0 spiro atoms. The van der Waals surface area contributed by atoms with E-state index in [1.807, 2.05) is 0 Å². The monoisotopic (exact) mass is 558 g/mol. The van der Waals surface area contributed by atoms with Gasteiger partial charge in [0.15, 0.2) is 11.2 Å². The van der Waals surface area contributed by atoms with Gasteiger partial charge < -0.3 is 15.0 Å². The van der Waals surface area contributed by atoms with Crippen molar-refractivity contribution in [2.24, 2.45) is 14.1 Å². The summed E-state index contributed by atoms with van der Waals surface area (Å²) in [5, 5.41) is 3.17. The molecule has 5 rings (SSSR count). The van der Waals surface area contributed by atoms with Crippen LogP contribution in [-0.2, 0) is 31.6 Å². The first-order chi connectivity index (χ1) is 18.2.